The Bertz CT molecular complexity index is 721. The Kier molecular flexibility index (Phi) is 5.56. The smallest absolute Gasteiger partial charge is 0.138 e. The number of pyridine rings is 1. The number of rotatable bonds is 6. The maximum absolute atomic E-state index is 9.23. The SMILES string of the molecule is Cc1cc(OCc2ccc(OC(C)C)c(C#N)c2)cnc1CO. The van der Waals surface area contributed by atoms with Crippen LogP contribution in [-0.4, -0.2) is 16.2 Å². The van der Waals surface area contributed by atoms with E-state index in [1.807, 2.05) is 32.9 Å². The van der Waals surface area contributed by atoms with Gasteiger partial charge in [0.25, 0.3) is 0 Å². The Labute approximate surface area is 136 Å². The van der Waals surface area contributed by atoms with Gasteiger partial charge in [-0.3, -0.25) is 4.98 Å². The van der Waals surface area contributed by atoms with Gasteiger partial charge in [0.05, 0.1) is 30.2 Å². The van der Waals surface area contributed by atoms with Crippen molar-refractivity contribution in [3.05, 3.63) is 52.8 Å². The molecule has 2 rings (SSSR count). The van der Waals surface area contributed by atoms with Gasteiger partial charge in [-0.2, -0.15) is 5.26 Å². The van der Waals surface area contributed by atoms with Crippen molar-refractivity contribution >= 4 is 0 Å². The summed E-state index contributed by atoms with van der Waals surface area (Å²) in [6.07, 6.45) is 1.60. The second-order valence-corrected chi connectivity index (χ2v) is 5.49. The predicted molar refractivity (Wildman–Crippen MR) is 86.1 cm³/mol. The van der Waals surface area contributed by atoms with Gasteiger partial charge in [0, 0.05) is 0 Å². The molecule has 1 N–H and O–H groups in total. The first-order chi connectivity index (χ1) is 11.0. The zero-order valence-corrected chi connectivity index (χ0v) is 13.5. The summed E-state index contributed by atoms with van der Waals surface area (Å²) in [5, 5.41) is 18.3. The molecule has 1 aromatic carbocycles. The van der Waals surface area contributed by atoms with Crippen molar-refractivity contribution in [2.24, 2.45) is 0 Å². The van der Waals surface area contributed by atoms with Crippen LogP contribution in [0.25, 0.3) is 0 Å². The van der Waals surface area contributed by atoms with E-state index in [9.17, 15) is 5.26 Å². The highest BCUT2D eigenvalue weighted by molar-refractivity contribution is 5.45. The summed E-state index contributed by atoms with van der Waals surface area (Å²) in [4.78, 5) is 4.14. The Morgan fingerprint density at radius 3 is 2.70 bits per heavy atom. The maximum Gasteiger partial charge on any atom is 0.138 e. The summed E-state index contributed by atoms with van der Waals surface area (Å²) < 4.78 is 11.3. The van der Waals surface area contributed by atoms with Crippen LogP contribution in [0.5, 0.6) is 11.5 Å². The summed E-state index contributed by atoms with van der Waals surface area (Å²) in [5.74, 6) is 1.21. The number of hydrogen-bond acceptors (Lipinski definition) is 5. The van der Waals surface area contributed by atoms with Crippen LogP contribution in [0.3, 0.4) is 0 Å². The number of aryl methyl sites for hydroxylation is 1. The number of nitriles is 1. The van der Waals surface area contributed by atoms with E-state index in [1.165, 1.54) is 0 Å². The molecular formula is C18H20N2O3. The van der Waals surface area contributed by atoms with E-state index in [0.717, 1.165) is 11.1 Å². The van der Waals surface area contributed by atoms with Crippen LogP contribution in [0.2, 0.25) is 0 Å². The molecule has 0 aliphatic rings. The van der Waals surface area contributed by atoms with Crippen molar-refractivity contribution in [2.45, 2.75) is 40.1 Å². The van der Waals surface area contributed by atoms with Crippen molar-refractivity contribution in [3.8, 4) is 17.6 Å². The van der Waals surface area contributed by atoms with E-state index < -0.39 is 0 Å². The molecule has 23 heavy (non-hydrogen) atoms. The molecule has 0 amide bonds. The van der Waals surface area contributed by atoms with Crippen molar-refractivity contribution in [1.29, 1.82) is 5.26 Å². The fourth-order valence-electron chi connectivity index (χ4n) is 2.10. The molecule has 5 heteroatoms. The molecule has 2 aromatic rings. The molecule has 0 spiro atoms. The Morgan fingerprint density at radius 1 is 1.30 bits per heavy atom. The van der Waals surface area contributed by atoms with Crippen LogP contribution in [0.1, 0.15) is 36.2 Å². The fourth-order valence-corrected chi connectivity index (χ4v) is 2.10. The molecular weight excluding hydrogens is 292 g/mol. The highest BCUT2D eigenvalue weighted by Gasteiger charge is 2.08. The average Bonchev–Trinajstić information content (AvgIpc) is 2.53. The van der Waals surface area contributed by atoms with Gasteiger partial charge in [-0.25, -0.2) is 0 Å². The van der Waals surface area contributed by atoms with E-state index in [4.69, 9.17) is 14.6 Å². The molecule has 0 atom stereocenters. The van der Waals surface area contributed by atoms with Crippen LogP contribution in [0.4, 0.5) is 0 Å². The summed E-state index contributed by atoms with van der Waals surface area (Å²) in [6.45, 7) is 5.95. The molecule has 0 unspecified atom stereocenters. The van der Waals surface area contributed by atoms with Crippen LogP contribution in [0, 0.1) is 18.3 Å². The van der Waals surface area contributed by atoms with Crippen LogP contribution in [0.15, 0.2) is 30.5 Å². The van der Waals surface area contributed by atoms with E-state index in [-0.39, 0.29) is 12.7 Å². The standard InChI is InChI=1S/C18H20N2O3/c1-12(2)23-18-5-4-14(7-15(18)8-19)11-22-16-6-13(3)17(10-21)20-9-16/h4-7,9,12,21H,10-11H2,1-3H3. The van der Waals surface area contributed by atoms with Gasteiger partial charge in [0.1, 0.15) is 24.2 Å². The van der Waals surface area contributed by atoms with Gasteiger partial charge < -0.3 is 14.6 Å². The second-order valence-electron chi connectivity index (χ2n) is 5.49. The van der Waals surface area contributed by atoms with Crippen LogP contribution in [-0.2, 0) is 13.2 Å². The third kappa shape index (κ3) is 4.44. The van der Waals surface area contributed by atoms with Gasteiger partial charge in [-0.1, -0.05) is 6.07 Å². The fraction of sp³-hybridized carbons (Fsp3) is 0.333. The third-order valence-electron chi connectivity index (χ3n) is 3.24. The first kappa shape index (κ1) is 16.8. The molecule has 0 saturated heterocycles. The van der Waals surface area contributed by atoms with Crippen LogP contribution >= 0.6 is 0 Å². The predicted octanol–water partition coefficient (Wildman–Crippen LogP) is 3.12. The quantitative estimate of drug-likeness (QED) is 0.887. The summed E-state index contributed by atoms with van der Waals surface area (Å²) in [6, 6.07) is 9.40. The highest BCUT2D eigenvalue weighted by Crippen LogP contribution is 2.22. The number of hydrogen-bond donors (Lipinski definition) is 1. The summed E-state index contributed by atoms with van der Waals surface area (Å²) in [7, 11) is 0. The van der Waals surface area contributed by atoms with Gasteiger partial charge in [-0.05, 0) is 50.1 Å². The average molecular weight is 312 g/mol. The topological polar surface area (TPSA) is 75.4 Å². The number of benzene rings is 1. The van der Waals surface area contributed by atoms with E-state index in [0.29, 0.717) is 29.4 Å². The Hall–Kier alpha value is -2.58. The lowest BCUT2D eigenvalue weighted by Crippen LogP contribution is -2.07. The summed E-state index contributed by atoms with van der Waals surface area (Å²) >= 11 is 0. The second kappa shape index (κ2) is 7.61. The normalized spacial score (nSPS) is 10.4. The first-order valence-electron chi connectivity index (χ1n) is 7.42. The Balaban J connectivity index is 2.09. The molecule has 0 bridgehead atoms. The molecule has 0 aliphatic heterocycles. The molecule has 5 nitrogen and oxygen atoms in total. The lowest BCUT2D eigenvalue weighted by molar-refractivity contribution is 0.241. The van der Waals surface area contributed by atoms with Gasteiger partial charge in [0.15, 0.2) is 0 Å². The van der Waals surface area contributed by atoms with Crippen molar-refractivity contribution < 1.29 is 14.6 Å². The third-order valence-corrected chi connectivity index (χ3v) is 3.24. The highest BCUT2D eigenvalue weighted by atomic mass is 16.5. The number of nitrogens with zero attached hydrogens (tertiary/aromatic N) is 2. The van der Waals surface area contributed by atoms with E-state index in [2.05, 4.69) is 11.1 Å². The molecule has 0 radical (unpaired) electrons. The van der Waals surface area contributed by atoms with Crippen molar-refractivity contribution in [3.63, 3.8) is 0 Å². The lowest BCUT2D eigenvalue weighted by Gasteiger charge is -2.13. The van der Waals surface area contributed by atoms with Gasteiger partial charge >= 0.3 is 0 Å². The van der Waals surface area contributed by atoms with E-state index >= 15 is 0 Å². The molecule has 1 aromatic heterocycles. The molecule has 0 fully saturated rings. The first-order valence-corrected chi connectivity index (χ1v) is 7.42. The molecule has 0 aliphatic carbocycles. The van der Waals surface area contributed by atoms with Crippen molar-refractivity contribution in [1.82, 2.24) is 4.98 Å². The monoisotopic (exact) mass is 312 g/mol. The van der Waals surface area contributed by atoms with Gasteiger partial charge in [-0.15, -0.1) is 0 Å². The van der Waals surface area contributed by atoms with Gasteiger partial charge in [0.2, 0.25) is 0 Å². The molecule has 1 heterocycles. The number of aliphatic hydroxyl groups excluding tert-OH is 1. The minimum Gasteiger partial charge on any atom is -0.490 e. The van der Waals surface area contributed by atoms with E-state index in [1.54, 1.807) is 18.3 Å². The summed E-state index contributed by atoms with van der Waals surface area (Å²) in [5.41, 5.74) is 2.88. The Morgan fingerprint density at radius 2 is 2.09 bits per heavy atom. The minimum atomic E-state index is -0.0883. The largest absolute Gasteiger partial charge is 0.490 e. The molecule has 120 valence electrons. The number of ether oxygens (including phenoxy) is 2. The number of aromatic nitrogens is 1. The lowest BCUT2D eigenvalue weighted by atomic mass is 10.1. The zero-order valence-electron chi connectivity index (χ0n) is 13.5. The maximum atomic E-state index is 9.23. The van der Waals surface area contributed by atoms with Crippen molar-refractivity contribution in [2.75, 3.05) is 0 Å². The zero-order chi connectivity index (χ0) is 16.8. The molecule has 0 saturated carbocycles. The van der Waals surface area contributed by atoms with Crippen LogP contribution < -0.4 is 9.47 Å². The minimum absolute atomic E-state index is 0.0169. The number of aliphatic hydroxyl groups is 1.